The summed E-state index contributed by atoms with van der Waals surface area (Å²) in [5.41, 5.74) is 2.27. The lowest BCUT2D eigenvalue weighted by Gasteiger charge is -2.59. The third kappa shape index (κ3) is 2.14. The second kappa shape index (κ2) is 4.77. The normalized spacial score (nSPS) is 38.0. The van der Waals surface area contributed by atoms with Gasteiger partial charge in [-0.05, 0) is 80.8 Å². The van der Waals surface area contributed by atoms with Crippen molar-refractivity contribution in [2.75, 3.05) is 5.32 Å². The van der Waals surface area contributed by atoms with Crippen LogP contribution < -0.4 is 5.32 Å². The highest BCUT2D eigenvalue weighted by Crippen LogP contribution is 2.61. The molecule has 0 aromatic heterocycles. The molecule has 0 saturated heterocycles. The lowest BCUT2D eigenvalue weighted by atomic mass is 9.48. The number of anilines is 1. The second-order valence-corrected chi connectivity index (χ2v) is 7.80. The van der Waals surface area contributed by atoms with Crippen LogP contribution in [0.2, 0.25) is 0 Å². The second-order valence-electron chi connectivity index (χ2n) is 7.80. The number of nitrogens with zero attached hydrogens (tertiary/aromatic N) is 1. The molecule has 21 heavy (non-hydrogen) atoms. The Morgan fingerprint density at radius 2 is 1.67 bits per heavy atom. The minimum Gasteiger partial charge on any atom is -0.381 e. The van der Waals surface area contributed by atoms with Crippen molar-refractivity contribution in [3.8, 4) is 6.07 Å². The van der Waals surface area contributed by atoms with Gasteiger partial charge in [-0.25, -0.2) is 0 Å². The van der Waals surface area contributed by atoms with E-state index in [1.807, 2.05) is 18.2 Å². The topological polar surface area (TPSA) is 35.8 Å². The van der Waals surface area contributed by atoms with E-state index in [2.05, 4.69) is 24.4 Å². The molecule has 2 nitrogen and oxygen atoms in total. The predicted molar refractivity (Wildman–Crippen MR) is 84.8 cm³/mol. The Morgan fingerprint density at radius 1 is 1.10 bits per heavy atom. The first-order valence-corrected chi connectivity index (χ1v) is 8.44. The van der Waals surface area contributed by atoms with Crippen molar-refractivity contribution < 1.29 is 0 Å². The molecule has 0 heterocycles. The Hall–Kier alpha value is -1.49. The van der Waals surface area contributed by atoms with Crippen molar-refractivity contribution in [2.45, 2.75) is 51.5 Å². The van der Waals surface area contributed by atoms with E-state index in [4.69, 9.17) is 0 Å². The molecule has 1 aromatic carbocycles. The predicted octanol–water partition coefficient (Wildman–Crippen LogP) is 4.58. The van der Waals surface area contributed by atoms with Gasteiger partial charge < -0.3 is 5.32 Å². The highest BCUT2D eigenvalue weighted by atomic mass is 14.9. The highest BCUT2D eigenvalue weighted by molar-refractivity contribution is 5.57. The molecule has 0 spiro atoms. The number of para-hydroxylation sites is 1. The third-order valence-corrected chi connectivity index (χ3v) is 6.42. The number of hydrogen-bond acceptors (Lipinski definition) is 2. The van der Waals surface area contributed by atoms with E-state index in [0.29, 0.717) is 11.5 Å². The summed E-state index contributed by atoms with van der Waals surface area (Å²) in [6.07, 6.45) is 8.67. The molecule has 4 bridgehead atoms. The van der Waals surface area contributed by atoms with Gasteiger partial charge in [-0.3, -0.25) is 0 Å². The quantitative estimate of drug-likeness (QED) is 0.880. The fourth-order valence-electron chi connectivity index (χ4n) is 5.80. The molecular formula is C19H24N2. The summed E-state index contributed by atoms with van der Waals surface area (Å²) in [6, 6.07) is 10.7. The van der Waals surface area contributed by atoms with Crippen LogP contribution in [0.5, 0.6) is 0 Å². The van der Waals surface area contributed by atoms with Crippen LogP contribution in [0.3, 0.4) is 0 Å². The molecule has 4 aliphatic rings. The van der Waals surface area contributed by atoms with Gasteiger partial charge in [0.05, 0.1) is 11.3 Å². The Bertz CT molecular complexity index is 548. The minimum absolute atomic E-state index is 0.473. The van der Waals surface area contributed by atoms with Crippen molar-refractivity contribution in [2.24, 2.45) is 23.2 Å². The van der Waals surface area contributed by atoms with E-state index in [9.17, 15) is 5.26 Å². The summed E-state index contributed by atoms with van der Waals surface area (Å²) in [7, 11) is 0. The first-order chi connectivity index (χ1) is 10.2. The van der Waals surface area contributed by atoms with Crippen molar-refractivity contribution in [3.05, 3.63) is 29.8 Å². The molecule has 110 valence electrons. The maximum absolute atomic E-state index is 9.28. The average Bonchev–Trinajstić information content (AvgIpc) is 2.46. The van der Waals surface area contributed by atoms with E-state index < -0.39 is 0 Å². The molecule has 1 atom stereocenters. The van der Waals surface area contributed by atoms with Gasteiger partial charge in [0.2, 0.25) is 0 Å². The van der Waals surface area contributed by atoms with E-state index >= 15 is 0 Å². The molecule has 0 amide bonds. The molecule has 2 heteroatoms. The number of nitrogens with one attached hydrogen (secondary N) is 1. The van der Waals surface area contributed by atoms with Crippen molar-refractivity contribution in [1.29, 1.82) is 5.26 Å². The first-order valence-electron chi connectivity index (χ1n) is 8.44. The van der Waals surface area contributed by atoms with Crippen LogP contribution in [-0.4, -0.2) is 6.04 Å². The fourth-order valence-corrected chi connectivity index (χ4v) is 5.80. The molecule has 5 rings (SSSR count). The van der Waals surface area contributed by atoms with Gasteiger partial charge in [0, 0.05) is 6.04 Å². The number of benzene rings is 1. The largest absolute Gasteiger partial charge is 0.381 e. The van der Waals surface area contributed by atoms with Crippen LogP contribution >= 0.6 is 0 Å². The zero-order chi connectivity index (χ0) is 14.4. The molecule has 1 aromatic rings. The fraction of sp³-hybridized carbons (Fsp3) is 0.632. The zero-order valence-electron chi connectivity index (χ0n) is 12.8. The number of nitriles is 1. The average molecular weight is 280 g/mol. The molecular weight excluding hydrogens is 256 g/mol. The van der Waals surface area contributed by atoms with Gasteiger partial charge in [0.15, 0.2) is 0 Å². The summed E-state index contributed by atoms with van der Waals surface area (Å²) in [6.45, 7) is 2.35. The van der Waals surface area contributed by atoms with E-state index in [1.54, 1.807) is 0 Å². The minimum atomic E-state index is 0.473. The molecule has 0 radical (unpaired) electrons. The molecule has 4 aliphatic carbocycles. The van der Waals surface area contributed by atoms with Crippen molar-refractivity contribution >= 4 is 5.69 Å². The Morgan fingerprint density at radius 3 is 2.24 bits per heavy atom. The van der Waals surface area contributed by atoms with E-state index in [0.717, 1.165) is 29.0 Å². The van der Waals surface area contributed by atoms with Crippen molar-refractivity contribution in [1.82, 2.24) is 0 Å². The van der Waals surface area contributed by atoms with Crippen LogP contribution in [0.25, 0.3) is 0 Å². The van der Waals surface area contributed by atoms with E-state index in [-0.39, 0.29) is 0 Å². The Kier molecular flexibility index (Phi) is 2.99. The van der Waals surface area contributed by atoms with Crippen LogP contribution in [0.15, 0.2) is 24.3 Å². The lowest BCUT2D eigenvalue weighted by molar-refractivity contribution is -0.0602. The summed E-state index contributed by atoms with van der Waals surface area (Å²) in [5.74, 6) is 2.94. The maximum Gasteiger partial charge on any atom is 0.101 e. The maximum atomic E-state index is 9.28. The smallest absolute Gasteiger partial charge is 0.101 e. The lowest BCUT2D eigenvalue weighted by Crippen LogP contribution is -2.52. The van der Waals surface area contributed by atoms with Gasteiger partial charge in [0.25, 0.3) is 0 Å². The highest BCUT2D eigenvalue weighted by Gasteiger charge is 2.53. The first kappa shape index (κ1) is 13.2. The molecule has 4 fully saturated rings. The molecule has 1 N–H and O–H groups in total. The van der Waals surface area contributed by atoms with Crippen LogP contribution in [0.4, 0.5) is 5.69 Å². The number of hydrogen-bond donors (Lipinski definition) is 1. The monoisotopic (exact) mass is 280 g/mol. The van der Waals surface area contributed by atoms with Crippen LogP contribution in [0, 0.1) is 34.5 Å². The summed E-state index contributed by atoms with van der Waals surface area (Å²) in [5, 5.41) is 13.0. The van der Waals surface area contributed by atoms with Gasteiger partial charge in [-0.1, -0.05) is 12.1 Å². The summed E-state index contributed by atoms with van der Waals surface area (Å²) in [4.78, 5) is 0. The third-order valence-electron chi connectivity index (χ3n) is 6.42. The van der Waals surface area contributed by atoms with Crippen LogP contribution in [-0.2, 0) is 0 Å². The van der Waals surface area contributed by atoms with Gasteiger partial charge >= 0.3 is 0 Å². The molecule has 4 saturated carbocycles. The SMILES string of the molecule is CC(Nc1ccccc1C#N)C12CC3CC(CC(C3)C1)C2. The van der Waals surface area contributed by atoms with Gasteiger partial charge in [-0.2, -0.15) is 5.26 Å². The van der Waals surface area contributed by atoms with Crippen molar-refractivity contribution in [3.63, 3.8) is 0 Å². The Labute approximate surface area is 127 Å². The van der Waals surface area contributed by atoms with Crippen LogP contribution in [0.1, 0.15) is 51.0 Å². The summed E-state index contributed by atoms with van der Waals surface area (Å²) < 4.78 is 0. The van der Waals surface area contributed by atoms with Gasteiger partial charge in [0.1, 0.15) is 6.07 Å². The molecule has 1 unspecified atom stereocenters. The zero-order valence-corrected chi connectivity index (χ0v) is 12.8. The molecule has 0 aliphatic heterocycles. The number of rotatable bonds is 3. The standard InChI is InChI=1S/C19H24N2/c1-13(21-18-5-3-2-4-17(18)12-20)19-9-14-6-15(10-19)8-16(7-14)11-19/h2-5,13-16,21H,6-11H2,1H3. The van der Waals surface area contributed by atoms with Gasteiger partial charge in [-0.15, -0.1) is 0 Å². The summed E-state index contributed by atoms with van der Waals surface area (Å²) >= 11 is 0. The Balaban J connectivity index is 1.58. The van der Waals surface area contributed by atoms with E-state index in [1.165, 1.54) is 38.5 Å².